The van der Waals surface area contributed by atoms with Crippen LogP contribution in [0.1, 0.15) is 27.2 Å². The van der Waals surface area contributed by atoms with Crippen LogP contribution in [0.3, 0.4) is 0 Å². The van der Waals surface area contributed by atoms with Crippen LogP contribution < -0.4 is 0 Å². The fraction of sp³-hybridized carbons (Fsp3) is 1.00. The molecule has 0 radical (unpaired) electrons. The van der Waals surface area contributed by atoms with Gasteiger partial charge in [-0.2, -0.15) is 0 Å². The molecule has 1 aliphatic heterocycles. The van der Waals surface area contributed by atoms with Crippen molar-refractivity contribution < 1.29 is 5.11 Å². The predicted octanol–water partition coefficient (Wildman–Crippen LogP) is 1.03. The second kappa shape index (κ2) is 4.81. The highest BCUT2D eigenvalue weighted by molar-refractivity contribution is 4.84. The highest BCUT2D eigenvalue weighted by Crippen LogP contribution is 2.22. The van der Waals surface area contributed by atoms with Crippen LogP contribution in [0.25, 0.3) is 0 Å². The van der Waals surface area contributed by atoms with E-state index in [0.717, 1.165) is 19.6 Å². The molecule has 0 spiro atoms. The number of nitrogens with zero attached hydrogens (tertiary/aromatic N) is 2. The van der Waals surface area contributed by atoms with Crippen LogP contribution in [-0.2, 0) is 0 Å². The maximum atomic E-state index is 10.0. The largest absolute Gasteiger partial charge is 0.391 e. The summed E-state index contributed by atoms with van der Waals surface area (Å²) in [5.41, 5.74) is -0.00377. The molecule has 90 valence electrons. The second-order valence-electron chi connectivity index (χ2n) is 6.05. The third kappa shape index (κ3) is 3.74. The fourth-order valence-corrected chi connectivity index (χ4v) is 1.92. The maximum absolute atomic E-state index is 10.0. The predicted molar refractivity (Wildman–Crippen MR) is 64.0 cm³/mol. The van der Waals surface area contributed by atoms with Crippen LogP contribution >= 0.6 is 0 Å². The minimum Gasteiger partial charge on any atom is -0.391 e. The normalized spacial score (nSPS) is 26.2. The van der Waals surface area contributed by atoms with Crippen LogP contribution in [0.5, 0.6) is 0 Å². The van der Waals surface area contributed by atoms with Crippen molar-refractivity contribution in [3.8, 4) is 0 Å². The Morgan fingerprint density at radius 3 is 2.40 bits per heavy atom. The summed E-state index contributed by atoms with van der Waals surface area (Å²) in [5, 5.41) is 10.0. The number of β-amino-alcohol motifs (C(OH)–C–C–N with tert-alkyl or cyclic N) is 1. The van der Waals surface area contributed by atoms with Gasteiger partial charge in [0.1, 0.15) is 0 Å². The van der Waals surface area contributed by atoms with Crippen LogP contribution in [0.15, 0.2) is 0 Å². The van der Waals surface area contributed by atoms with Gasteiger partial charge in [-0.3, -0.25) is 4.90 Å². The Balaban J connectivity index is 2.36. The lowest BCUT2D eigenvalue weighted by Crippen LogP contribution is -2.40. The summed E-state index contributed by atoms with van der Waals surface area (Å²) in [6.45, 7) is 9.31. The second-order valence-corrected chi connectivity index (χ2v) is 6.05. The van der Waals surface area contributed by atoms with Gasteiger partial charge in [-0.15, -0.1) is 0 Å². The summed E-state index contributed by atoms with van der Waals surface area (Å²) >= 11 is 0. The molecule has 0 aromatic carbocycles. The Morgan fingerprint density at radius 2 is 2.00 bits per heavy atom. The Morgan fingerprint density at radius 1 is 1.40 bits per heavy atom. The van der Waals surface area contributed by atoms with Gasteiger partial charge in [0, 0.05) is 19.1 Å². The van der Waals surface area contributed by atoms with Crippen molar-refractivity contribution in [3.63, 3.8) is 0 Å². The molecule has 0 amide bonds. The Labute approximate surface area is 94.1 Å². The molecular formula is C12H26N2O. The van der Waals surface area contributed by atoms with Crippen molar-refractivity contribution in [1.29, 1.82) is 0 Å². The van der Waals surface area contributed by atoms with E-state index in [-0.39, 0.29) is 11.5 Å². The molecule has 3 heteroatoms. The van der Waals surface area contributed by atoms with Gasteiger partial charge in [-0.25, -0.2) is 0 Å². The van der Waals surface area contributed by atoms with Crippen LogP contribution in [-0.4, -0.2) is 60.8 Å². The van der Waals surface area contributed by atoms with Crippen LogP contribution in [0, 0.1) is 5.41 Å². The molecule has 0 saturated carbocycles. The standard InChI is InChI=1S/C12H26N2O/c1-12(2,3)11(15)9-14-7-6-10(8-14)13(4)5/h10-11,15H,6-9H2,1-5H3. The smallest absolute Gasteiger partial charge is 0.0715 e. The van der Waals surface area contributed by atoms with E-state index in [4.69, 9.17) is 0 Å². The van der Waals surface area contributed by atoms with Crippen LogP contribution in [0.2, 0.25) is 0 Å². The number of hydrogen-bond donors (Lipinski definition) is 1. The average Bonchev–Trinajstić information content (AvgIpc) is 2.50. The Kier molecular flexibility index (Phi) is 4.15. The lowest BCUT2D eigenvalue weighted by atomic mass is 9.89. The van der Waals surface area contributed by atoms with E-state index >= 15 is 0 Å². The Bertz CT molecular complexity index is 198. The number of hydrogen-bond acceptors (Lipinski definition) is 3. The topological polar surface area (TPSA) is 26.7 Å². The third-order valence-electron chi connectivity index (χ3n) is 3.41. The third-order valence-corrected chi connectivity index (χ3v) is 3.41. The van der Waals surface area contributed by atoms with E-state index in [0.29, 0.717) is 6.04 Å². The first kappa shape index (κ1) is 12.9. The summed E-state index contributed by atoms with van der Waals surface area (Å²) in [4.78, 5) is 4.66. The molecular weight excluding hydrogens is 188 g/mol. The quantitative estimate of drug-likeness (QED) is 0.760. The molecule has 0 bridgehead atoms. The van der Waals surface area contributed by atoms with Gasteiger partial charge < -0.3 is 10.0 Å². The zero-order chi connectivity index (χ0) is 11.6. The van der Waals surface area contributed by atoms with Gasteiger partial charge in [-0.05, 0) is 32.5 Å². The molecule has 1 heterocycles. The van der Waals surface area contributed by atoms with Gasteiger partial charge in [-0.1, -0.05) is 20.8 Å². The van der Waals surface area contributed by atoms with Crippen molar-refractivity contribution in [1.82, 2.24) is 9.80 Å². The van der Waals surface area contributed by atoms with Crippen molar-refractivity contribution in [2.75, 3.05) is 33.7 Å². The van der Waals surface area contributed by atoms with Gasteiger partial charge >= 0.3 is 0 Å². The highest BCUT2D eigenvalue weighted by atomic mass is 16.3. The molecule has 0 aromatic rings. The maximum Gasteiger partial charge on any atom is 0.0715 e. The first-order valence-corrected chi connectivity index (χ1v) is 5.87. The van der Waals surface area contributed by atoms with E-state index < -0.39 is 0 Å². The SMILES string of the molecule is CN(C)C1CCN(CC(O)C(C)(C)C)C1. The molecule has 15 heavy (non-hydrogen) atoms. The first-order chi connectivity index (χ1) is 6.80. The van der Waals surface area contributed by atoms with Crippen molar-refractivity contribution in [2.45, 2.75) is 39.3 Å². The molecule has 1 aliphatic rings. The number of aliphatic hydroxyl groups excluding tert-OH is 1. The van der Waals surface area contributed by atoms with Gasteiger partial charge in [0.15, 0.2) is 0 Å². The summed E-state index contributed by atoms with van der Waals surface area (Å²) in [6.07, 6.45) is 1.00. The molecule has 0 aromatic heterocycles. The zero-order valence-corrected chi connectivity index (χ0v) is 10.8. The van der Waals surface area contributed by atoms with E-state index in [9.17, 15) is 5.11 Å². The number of likely N-dealkylation sites (N-methyl/N-ethyl adjacent to an activating group) is 1. The zero-order valence-electron chi connectivity index (χ0n) is 10.8. The van der Waals surface area contributed by atoms with Gasteiger partial charge in [0.05, 0.1) is 6.10 Å². The molecule has 0 aliphatic carbocycles. The molecule has 2 atom stereocenters. The fourth-order valence-electron chi connectivity index (χ4n) is 1.92. The summed E-state index contributed by atoms with van der Waals surface area (Å²) in [5.74, 6) is 0. The van der Waals surface area contributed by atoms with Crippen molar-refractivity contribution in [2.24, 2.45) is 5.41 Å². The monoisotopic (exact) mass is 214 g/mol. The molecule has 1 saturated heterocycles. The molecule has 1 N–H and O–H groups in total. The summed E-state index contributed by atoms with van der Waals surface area (Å²) in [6, 6.07) is 0.664. The van der Waals surface area contributed by atoms with Gasteiger partial charge in [0.25, 0.3) is 0 Å². The van der Waals surface area contributed by atoms with Crippen molar-refractivity contribution >= 4 is 0 Å². The number of rotatable bonds is 3. The van der Waals surface area contributed by atoms with E-state index in [2.05, 4.69) is 44.7 Å². The minimum absolute atomic E-state index is 0.00377. The lowest BCUT2D eigenvalue weighted by molar-refractivity contribution is 0.0331. The van der Waals surface area contributed by atoms with Gasteiger partial charge in [0.2, 0.25) is 0 Å². The average molecular weight is 214 g/mol. The molecule has 2 unspecified atom stereocenters. The molecule has 3 nitrogen and oxygen atoms in total. The highest BCUT2D eigenvalue weighted by Gasteiger charge is 2.29. The summed E-state index contributed by atoms with van der Waals surface area (Å²) < 4.78 is 0. The molecule has 1 fully saturated rings. The van der Waals surface area contributed by atoms with Crippen LogP contribution in [0.4, 0.5) is 0 Å². The van der Waals surface area contributed by atoms with E-state index in [1.165, 1.54) is 6.42 Å². The first-order valence-electron chi connectivity index (χ1n) is 5.87. The van der Waals surface area contributed by atoms with E-state index in [1.807, 2.05) is 0 Å². The molecule has 1 rings (SSSR count). The summed E-state index contributed by atoms with van der Waals surface area (Å²) in [7, 11) is 4.27. The number of likely N-dealkylation sites (tertiary alicyclic amines) is 1. The van der Waals surface area contributed by atoms with Crippen molar-refractivity contribution in [3.05, 3.63) is 0 Å². The Hall–Kier alpha value is -0.120. The van der Waals surface area contributed by atoms with E-state index in [1.54, 1.807) is 0 Å². The lowest BCUT2D eigenvalue weighted by Gasteiger charge is -2.30. The number of aliphatic hydroxyl groups is 1. The minimum atomic E-state index is -0.224.